The normalized spacial score (nSPS) is 14.3. The van der Waals surface area contributed by atoms with E-state index >= 15 is 0 Å². The lowest BCUT2D eigenvalue weighted by atomic mass is 10.0. The Bertz CT molecular complexity index is 1500. The van der Waals surface area contributed by atoms with Crippen LogP contribution in [0.5, 0.6) is 0 Å². The van der Waals surface area contributed by atoms with Crippen LogP contribution in [0.4, 0.5) is 5.69 Å². The molecule has 4 N–H and O–H groups in total. The number of aryl methyl sites for hydroxylation is 1. The van der Waals surface area contributed by atoms with Crippen LogP contribution >= 0.6 is 0 Å². The third kappa shape index (κ3) is 5.07. The van der Waals surface area contributed by atoms with Gasteiger partial charge in [-0.15, -0.1) is 0 Å². The van der Waals surface area contributed by atoms with E-state index < -0.39 is 5.91 Å². The summed E-state index contributed by atoms with van der Waals surface area (Å²) in [6.45, 7) is 4.77. The topological polar surface area (TPSA) is 135 Å². The minimum atomic E-state index is -0.562. The number of anilines is 1. The number of nitrogens with zero attached hydrogens (tertiary/aromatic N) is 4. The first-order valence-electron chi connectivity index (χ1n) is 12.5. The Labute approximate surface area is 214 Å². The minimum Gasteiger partial charge on any atom is -0.451 e. The zero-order valence-corrected chi connectivity index (χ0v) is 20.7. The van der Waals surface area contributed by atoms with E-state index in [1.54, 1.807) is 16.7 Å². The highest BCUT2D eigenvalue weighted by molar-refractivity contribution is 5.96. The Hall–Kier alpha value is -4.13. The molecule has 0 spiro atoms. The summed E-state index contributed by atoms with van der Waals surface area (Å²) in [4.78, 5) is 28.5. The van der Waals surface area contributed by atoms with Crippen molar-refractivity contribution >= 4 is 39.4 Å². The zero-order valence-electron chi connectivity index (χ0n) is 20.7. The van der Waals surface area contributed by atoms with Crippen LogP contribution in [0.2, 0.25) is 0 Å². The van der Waals surface area contributed by atoms with Gasteiger partial charge in [0.2, 0.25) is 5.91 Å². The fourth-order valence-electron chi connectivity index (χ4n) is 5.10. The number of fused-ring (bicyclic) bond motifs is 2. The maximum atomic E-state index is 12.3. The number of hydrogen-bond donors (Lipinski definition) is 2. The summed E-state index contributed by atoms with van der Waals surface area (Å²) < 4.78 is 7.10. The van der Waals surface area contributed by atoms with Gasteiger partial charge < -0.3 is 20.8 Å². The van der Waals surface area contributed by atoms with Crippen LogP contribution in [0.3, 0.4) is 0 Å². The molecule has 1 aliphatic rings. The smallest absolute Gasteiger partial charge is 0.284 e. The van der Waals surface area contributed by atoms with Gasteiger partial charge in [0, 0.05) is 48.8 Å². The van der Waals surface area contributed by atoms with Gasteiger partial charge in [0.25, 0.3) is 5.91 Å². The summed E-state index contributed by atoms with van der Waals surface area (Å²) >= 11 is 0. The number of nitrogens with two attached hydrogens (primary N) is 2. The number of carbonyl (C=O) groups excluding carboxylic acids is 2. The number of unbranched alkanes of at least 4 members (excludes halogenated alkanes) is 1. The third-order valence-corrected chi connectivity index (χ3v) is 7.11. The molecule has 1 aliphatic heterocycles. The second-order valence-electron chi connectivity index (χ2n) is 9.45. The maximum absolute atomic E-state index is 12.3. The number of furan rings is 1. The Morgan fingerprint density at radius 1 is 1.03 bits per heavy atom. The van der Waals surface area contributed by atoms with Crippen LogP contribution in [-0.4, -0.2) is 60.5 Å². The predicted molar refractivity (Wildman–Crippen MR) is 143 cm³/mol. The van der Waals surface area contributed by atoms with Crippen LogP contribution in [0.25, 0.3) is 21.9 Å². The number of aromatic nitrogens is 1. The molecule has 190 valence electrons. The Morgan fingerprint density at radius 3 is 2.57 bits per heavy atom. The van der Waals surface area contributed by atoms with Gasteiger partial charge in [-0.25, -0.2) is 0 Å². The molecule has 0 unspecified atom stereocenters. The van der Waals surface area contributed by atoms with E-state index in [2.05, 4.69) is 15.9 Å². The van der Waals surface area contributed by atoms with Gasteiger partial charge in [0.05, 0.1) is 23.7 Å². The van der Waals surface area contributed by atoms with Crippen molar-refractivity contribution in [3.05, 3.63) is 65.5 Å². The van der Waals surface area contributed by atoms with Crippen LogP contribution < -0.4 is 16.4 Å². The molecule has 1 amide bonds. The monoisotopic (exact) mass is 498 g/mol. The van der Waals surface area contributed by atoms with Crippen molar-refractivity contribution in [2.75, 3.05) is 44.2 Å². The van der Waals surface area contributed by atoms with E-state index in [9.17, 15) is 14.9 Å². The van der Waals surface area contributed by atoms with Gasteiger partial charge in [-0.1, -0.05) is 0 Å². The summed E-state index contributed by atoms with van der Waals surface area (Å²) in [5.74, 6) is -0.537. The van der Waals surface area contributed by atoms with Crippen molar-refractivity contribution in [2.24, 2.45) is 11.5 Å². The van der Waals surface area contributed by atoms with Gasteiger partial charge in [-0.05, 0) is 73.8 Å². The summed E-state index contributed by atoms with van der Waals surface area (Å²) in [7, 11) is 0. The summed E-state index contributed by atoms with van der Waals surface area (Å²) in [5, 5.41) is 11.1. The molecule has 0 aliphatic carbocycles. The van der Waals surface area contributed by atoms with Crippen molar-refractivity contribution in [3.63, 3.8) is 0 Å². The first-order valence-corrected chi connectivity index (χ1v) is 12.5. The van der Waals surface area contributed by atoms with E-state index in [1.807, 2.05) is 36.5 Å². The number of carbonyl (C=O) groups is 2. The molecule has 37 heavy (non-hydrogen) atoms. The summed E-state index contributed by atoms with van der Waals surface area (Å²) in [5.41, 5.74) is 15.2. The van der Waals surface area contributed by atoms with Gasteiger partial charge in [0.15, 0.2) is 5.76 Å². The zero-order chi connectivity index (χ0) is 25.9. The highest BCUT2D eigenvalue weighted by atomic mass is 16.3. The van der Waals surface area contributed by atoms with E-state index in [4.69, 9.17) is 15.9 Å². The largest absolute Gasteiger partial charge is 0.451 e. The predicted octanol–water partition coefficient (Wildman–Crippen LogP) is 3.10. The number of benzene rings is 2. The number of nitriles is 1. The van der Waals surface area contributed by atoms with Gasteiger partial charge >= 0.3 is 0 Å². The van der Waals surface area contributed by atoms with Crippen molar-refractivity contribution in [2.45, 2.75) is 19.3 Å². The van der Waals surface area contributed by atoms with Crippen LogP contribution in [0, 0.1) is 11.3 Å². The molecular weight excluding hydrogens is 468 g/mol. The molecule has 4 aromatic rings. The molecule has 2 aromatic carbocycles. The Morgan fingerprint density at radius 2 is 1.84 bits per heavy atom. The molecule has 0 radical (unpaired) electrons. The third-order valence-electron chi connectivity index (χ3n) is 7.11. The molecule has 1 saturated heterocycles. The van der Waals surface area contributed by atoms with Gasteiger partial charge in [0.1, 0.15) is 5.58 Å². The van der Waals surface area contributed by atoms with Gasteiger partial charge in [-0.3, -0.25) is 19.1 Å². The Kier molecular flexibility index (Phi) is 6.95. The molecule has 3 heterocycles. The molecule has 2 aromatic heterocycles. The standard InChI is InChI=1S/C28H30N6O3/c29-16-19-4-6-24-23(13-19)20(18-34(24)27(35)17-30)3-1-2-8-32-9-11-33(12-10-32)22-5-7-25-21(14-22)15-26(37-25)28(31)36/h4-7,13-15,18H,1-3,8-12,17,30H2,(H2,31,36). The van der Waals surface area contributed by atoms with E-state index in [0.29, 0.717) is 11.1 Å². The van der Waals surface area contributed by atoms with E-state index in [0.717, 1.165) is 79.5 Å². The number of hydrogen-bond acceptors (Lipinski definition) is 7. The fourth-order valence-corrected chi connectivity index (χ4v) is 5.10. The molecular formula is C28H30N6O3. The first kappa shape index (κ1) is 24.6. The summed E-state index contributed by atoms with van der Waals surface area (Å²) in [6, 6.07) is 15.3. The lowest BCUT2D eigenvalue weighted by Gasteiger charge is -2.36. The fraction of sp³-hybridized carbons (Fsp3) is 0.321. The first-order chi connectivity index (χ1) is 18.0. The average Bonchev–Trinajstić information content (AvgIpc) is 3.52. The SMILES string of the molecule is N#Cc1ccc2c(c1)c(CCCCN1CCN(c3ccc4oc(C(N)=O)cc4c3)CC1)cn2C(=O)CN. The van der Waals surface area contributed by atoms with E-state index in [-0.39, 0.29) is 18.2 Å². The van der Waals surface area contributed by atoms with Crippen molar-refractivity contribution in [1.29, 1.82) is 5.26 Å². The number of piperazine rings is 1. The minimum absolute atomic E-state index is 0.0560. The van der Waals surface area contributed by atoms with Crippen molar-refractivity contribution in [1.82, 2.24) is 9.47 Å². The number of rotatable bonds is 8. The van der Waals surface area contributed by atoms with Crippen LogP contribution in [0.15, 0.2) is 53.1 Å². The molecule has 5 rings (SSSR count). The lowest BCUT2D eigenvalue weighted by Crippen LogP contribution is -2.46. The summed E-state index contributed by atoms with van der Waals surface area (Å²) in [6.07, 6.45) is 4.76. The van der Waals surface area contributed by atoms with E-state index in [1.165, 1.54) is 0 Å². The van der Waals surface area contributed by atoms with Crippen LogP contribution in [0.1, 0.15) is 39.3 Å². The Balaban J connectivity index is 1.15. The highest BCUT2D eigenvalue weighted by Crippen LogP contribution is 2.27. The van der Waals surface area contributed by atoms with Gasteiger partial charge in [-0.2, -0.15) is 5.26 Å². The molecule has 9 heteroatoms. The van der Waals surface area contributed by atoms with Crippen molar-refractivity contribution in [3.8, 4) is 6.07 Å². The number of amides is 1. The maximum Gasteiger partial charge on any atom is 0.284 e. The second-order valence-corrected chi connectivity index (χ2v) is 9.45. The number of primary amides is 1. The molecule has 0 atom stereocenters. The highest BCUT2D eigenvalue weighted by Gasteiger charge is 2.19. The lowest BCUT2D eigenvalue weighted by molar-refractivity contribution is 0.0927. The molecule has 9 nitrogen and oxygen atoms in total. The average molecular weight is 499 g/mol. The molecule has 0 saturated carbocycles. The second kappa shape index (κ2) is 10.5. The molecule has 1 fully saturated rings. The van der Waals surface area contributed by atoms with Crippen LogP contribution in [-0.2, 0) is 6.42 Å². The quantitative estimate of drug-likeness (QED) is 0.356. The molecule has 0 bridgehead atoms. The van der Waals surface area contributed by atoms with Crippen molar-refractivity contribution < 1.29 is 14.0 Å².